The van der Waals surface area contributed by atoms with Crippen molar-refractivity contribution in [2.75, 3.05) is 32.7 Å². The number of nitrogens with zero attached hydrogens (tertiary/aromatic N) is 2. The van der Waals surface area contributed by atoms with Crippen LogP contribution >= 0.6 is 0 Å². The minimum atomic E-state index is 0.376. The highest BCUT2D eigenvalue weighted by Gasteiger charge is 2.30. The molecule has 0 radical (unpaired) electrons. The van der Waals surface area contributed by atoms with E-state index in [1.54, 1.807) is 0 Å². The molecule has 1 atom stereocenters. The van der Waals surface area contributed by atoms with E-state index in [4.69, 9.17) is 5.73 Å². The lowest BCUT2D eigenvalue weighted by Gasteiger charge is -2.35. The van der Waals surface area contributed by atoms with Crippen LogP contribution in [0.15, 0.2) is 0 Å². The average Bonchev–Trinajstić information content (AvgIpc) is 3.10. The standard InChI is InChI=1S/C13H27N3/c1-11(2)13(14)5-6-15-7-9-16(10-8-15)12-3-4-12/h11-13H,3-10,14H2,1-2H3. The molecule has 94 valence electrons. The largest absolute Gasteiger partial charge is 0.327 e. The van der Waals surface area contributed by atoms with Gasteiger partial charge in [0.2, 0.25) is 0 Å². The normalized spacial score (nSPS) is 26.2. The molecule has 1 unspecified atom stereocenters. The summed E-state index contributed by atoms with van der Waals surface area (Å²) in [6.45, 7) is 10.7. The van der Waals surface area contributed by atoms with Crippen LogP contribution in [0.25, 0.3) is 0 Å². The summed E-state index contributed by atoms with van der Waals surface area (Å²) in [4.78, 5) is 5.25. The Balaban J connectivity index is 1.61. The predicted molar refractivity (Wildman–Crippen MR) is 68.5 cm³/mol. The molecular weight excluding hydrogens is 198 g/mol. The highest BCUT2D eigenvalue weighted by Crippen LogP contribution is 2.27. The summed E-state index contributed by atoms with van der Waals surface area (Å²) in [7, 11) is 0. The second-order valence-electron chi connectivity index (χ2n) is 5.81. The van der Waals surface area contributed by atoms with Crippen molar-refractivity contribution < 1.29 is 0 Å². The summed E-state index contributed by atoms with van der Waals surface area (Å²) >= 11 is 0. The summed E-state index contributed by atoms with van der Waals surface area (Å²) < 4.78 is 0. The van der Waals surface area contributed by atoms with Gasteiger partial charge in [-0.1, -0.05) is 13.8 Å². The lowest BCUT2D eigenvalue weighted by Crippen LogP contribution is -2.48. The molecule has 2 rings (SSSR count). The van der Waals surface area contributed by atoms with Crippen LogP contribution in [-0.2, 0) is 0 Å². The third-order valence-electron chi connectivity index (χ3n) is 4.11. The van der Waals surface area contributed by atoms with Gasteiger partial charge in [0.05, 0.1) is 0 Å². The van der Waals surface area contributed by atoms with Gasteiger partial charge in [0.1, 0.15) is 0 Å². The van der Waals surface area contributed by atoms with Crippen LogP contribution in [0.4, 0.5) is 0 Å². The zero-order valence-electron chi connectivity index (χ0n) is 10.9. The maximum atomic E-state index is 6.08. The number of piperazine rings is 1. The van der Waals surface area contributed by atoms with Crippen LogP contribution in [0, 0.1) is 5.92 Å². The van der Waals surface area contributed by atoms with Crippen LogP contribution in [0.5, 0.6) is 0 Å². The molecule has 1 saturated heterocycles. The summed E-state index contributed by atoms with van der Waals surface area (Å²) in [5, 5.41) is 0. The van der Waals surface area contributed by atoms with E-state index in [1.807, 2.05) is 0 Å². The third kappa shape index (κ3) is 3.44. The van der Waals surface area contributed by atoms with E-state index in [0.717, 1.165) is 12.5 Å². The van der Waals surface area contributed by atoms with Gasteiger partial charge in [0, 0.05) is 38.3 Å². The fourth-order valence-corrected chi connectivity index (χ4v) is 2.46. The van der Waals surface area contributed by atoms with Gasteiger partial charge in [-0.05, 0) is 31.7 Å². The topological polar surface area (TPSA) is 32.5 Å². The molecule has 3 nitrogen and oxygen atoms in total. The molecule has 0 aromatic rings. The van der Waals surface area contributed by atoms with Gasteiger partial charge < -0.3 is 10.6 Å². The second-order valence-corrected chi connectivity index (χ2v) is 5.81. The first-order valence-corrected chi connectivity index (χ1v) is 6.89. The van der Waals surface area contributed by atoms with Gasteiger partial charge in [-0.25, -0.2) is 0 Å². The fraction of sp³-hybridized carbons (Fsp3) is 1.00. The van der Waals surface area contributed by atoms with E-state index in [1.165, 1.54) is 45.6 Å². The Morgan fingerprint density at radius 1 is 1.12 bits per heavy atom. The van der Waals surface area contributed by atoms with Crippen molar-refractivity contribution >= 4 is 0 Å². The zero-order valence-corrected chi connectivity index (χ0v) is 10.9. The van der Waals surface area contributed by atoms with Crippen LogP contribution in [0.1, 0.15) is 33.1 Å². The minimum Gasteiger partial charge on any atom is -0.327 e. The SMILES string of the molecule is CC(C)C(N)CCN1CCN(C2CC2)CC1. The van der Waals surface area contributed by atoms with Crippen molar-refractivity contribution in [1.82, 2.24) is 9.80 Å². The Morgan fingerprint density at radius 2 is 1.75 bits per heavy atom. The van der Waals surface area contributed by atoms with Gasteiger partial charge in [-0.2, -0.15) is 0 Å². The summed E-state index contributed by atoms with van der Waals surface area (Å²) in [5.41, 5.74) is 6.08. The van der Waals surface area contributed by atoms with Crippen molar-refractivity contribution in [2.45, 2.75) is 45.2 Å². The van der Waals surface area contributed by atoms with Gasteiger partial charge >= 0.3 is 0 Å². The minimum absolute atomic E-state index is 0.376. The maximum Gasteiger partial charge on any atom is 0.0113 e. The van der Waals surface area contributed by atoms with Crippen molar-refractivity contribution in [1.29, 1.82) is 0 Å². The van der Waals surface area contributed by atoms with Gasteiger partial charge in [0.15, 0.2) is 0 Å². The Hall–Kier alpha value is -0.120. The summed E-state index contributed by atoms with van der Waals surface area (Å²) in [6.07, 6.45) is 4.04. The fourth-order valence-electron chi connectivity index (χ4n) is 2.46. The number of nitrogens with two attached hydrogens (primary N) is 1. The van der Waals surface area contributed by atoms with E-state index in [-0.39, 0.29) is 0 Å². The number of rotatable bonds is 5. The first kappa shape index (κ1) is 12.3. The van der Waals surface area contributed by atoms with Gasteiger partial charge in [-0.3, -0.25) is 4.90 Å². The van der Waals surface area contributed by atoms with Gasteiger partial charge in [-0.15, -0.1) is 0 Å². The molecule has 1 heterocycles. The quantitative estimate of drug-likeness (QED) is 0.761. The van der Waals surface area contributed by atoms with Crippen LogP contribution in [0.3, 0.4) is 0 Å². The molecule has 1 aliphatic heterocycles. The van der Waals surface area contributed by atoms with Crippen molar-refractivity contribution in [3.63, 3.8) is 0 Å². The third-order valence-corrected chi connectivity index (χ3v) is 4.11. The highest BCUT2D eigenvalue weighted by atomic mass is 15.3. The molecule has 0 bridgehead atoms. The van der Waals surface area contributed by atoms with Crippen LogP contribution in [-0.4, -0.2) is 54.6 Å². The zero-order chi connectivity index (χ0) is 11.5. The van der Waals surface area contributed by atoms with E-state index in [9.17, 15) is 0 Å². The molecule has 3 heteroatoms. The molecule has 16 heavy (non-hydrogen) atoms. The maximum absolute atomic E-state index is 6.08. The molecule has 0 aromatic carbocycles. The monoisotopic (exact) mass is 225 g/mol. The van der Waals surface area contributed by atoms with Crippen molar-refractivity contribution in [3.05, 3.63) is 0 Å². The summed E-state index contributed by atoms with van der Waals surface area (Å²) in [5.74, 6) is 0.618. The van der Waals surface area contributed by atoms with Crippen molar-refractivity contribution in [2.24, 2.45) is 11.7 Å². The number of hydrogen-bond acceptors (Lipinski definition) is 3. The predicted octanol–water partition coefficient (Wildman–Crippen LogP) is 1.14. The van der Waals surface area contributed by atoms with Crippen LogP contribution in [0.2, 0.25) is 0 Å². The smallest absolute Gasteiger partial charge is 0.0113 e. The number of hydrogen-bond donors (Lipinski definition) is 1. The molecule has 2 N–H and O–H groups in total. The average molecular weight is 225 g/mol. The van der Waals surface area contributed by atoms with E-state index < -0.39 is 0 Å². The second kappa shape index (κ2) is 5.48. The highest BCUT2D eigenvalue weighted by molar-refractivity contribution is 4.87. The van der Waals surface area contributed by atoms with E-state index in [2.05, 4.69) is 23.6 Å². The molecule has 0 aromatic heterocycles. The molecule has 1 aliphatic carbocycles. The van der Waals surface area contributed by atoms with E-state index >= 15 is 0 Å². The lowest BCUT2D eigenvalue weighted by atomic mass is 10.0. The molecule has 2 fully saturated rings. The Kier molecular flexibility index (Phi) is 4.22. The first-order chi connectivity index (χ1) is 7.66. The molecule has 2 aliphatic rings. The Morgan fingerprint density at radius 3 is 2.25 bits per heavy atom. The molecule has 1 saturated carbocycles. The Labute approximate surface area is 100.0 Å². The van der Waals surface area contributed by atoms with Crippen molar-refractivity contribution in [3.8, 4) is 0 Å². The molecule has 0 amide bonds. The first-order valence-electron chi connectivity index (χ1n) is 6.89. The van der Waals surface area contributed by atoms with E-state index in [0.29, 0.717) is 12.0 Å². The van der Waals surface area contributed by atoms with Gasteiger partial charge in [0.25, 0.3) is 0 Å². The molecule has 0 spiro atoms. The summed E-state index contributed by atoms with van der Waals surface area (Å²) in [6, 6.07) is 1.32. The molecular formula is C13H27N3. The van der Waals surface area contributed by atoms with Crippen LogP contribution < -0.4 is 5.73 Å². The Bertz CT molecular complexity index is 205. The lowest BCUT2D eigenvalue weighted by molar-refractivity contribution is 0.122.